The number of ether oxygens (including phenoxy) is 2. The third-order valence-electron chi connectivity index (χ3n) is 6.15. The zero-order chi connectivity index (χ0) is 23.2. The van der Waals surface area contributed by atoms with E-state index < -0.39 is 8.32 Å². The molecule has 0 radical (unpaired) electrons. The zero-order valence-electron chi connectivity index (χ0n) is 19.8. The summed E-state index contributed by atoms with van der Waals surface area (Å²) >= 11 is 0. The summed E-state index contributed by atoms with van der Waals surface area (Å²) in [5, 5.41) is 2.58. The van der Waals surface area contributed by atoms with Crippen LogP contribution in [-0.2, 0) is 20.5 Å². The molecule has 1 aliphatic rings. The Kier molecular flexibility index (Phi) is 7.61. The molecule has 3 nitrogen and oxygen atoms in total. The van der Waals surface area contributed by atoms with Crippen molar-refractivity contribution in [2.45, 2.75) is 44.6 Å². The van der Waals surface area contributed by atoms with E-state index in [0.29, 0.717) is 19.8 Å². The van der Waals surface area contributed by atoms with E-state index in [0.717, 1.165) is 0 Å². The largest absolute Gasteiger partial charge is 0.404 e. The Balaban J connectivity index is 1.38. The van der Waals surface area contributed by atoms with Gasteiger partial charge in [-0.1, -0.05) is 124 Å². The van der Waals surface area contributed by atoms with Gasteiger partial charge in [0.1, 0.15) is 12.2 Å². The maximum atomic E-state index is 6.88. The summed E-state index contributed by atoms with van der Waals surface area (Å²) in [5.41, 5.74) is 1.18. The molecule has 1 heterocycles. The molecule has 0 saturated carbocycles. The lowest BCUT2D eigenvalue weighted by Gasteiger charge is -2.42. The van der Waals surface area contributed by atoms with Gasteiger partial charge in [0.2, 0.25) is 0 Å². The van der Waals surface area contributed by atoms with Crippen LogP contribution >= 0.6 is 0 Å². The Hall–Kier alpha value is -2.50. The molecular formula is C29H34O3Si. The average molecular weight is 459 g/mol. The molecule has 3 aromatic rings. The lowest BCUT2D eigenvalue weighted by molar-refractivity contribution is 0.104. The number of epoxide rings is 1. The minimum atomic E-state index is -2.49. The second kappa shape index (κ2) is 10.6. The van der Waals surface area contributed by atoms with Gasteiger partial charge < -0.3 is 13.9 Å². The van der Waals surface area contributed by atoms with Crippen molar-refractivity contribution in [3.63, 3.8) is 0 Å². The first kappa shape index (κ1) is 23.6. The fraction of sp³-hybridized carbons (Fsp3) is 0.310. The summed E-state index contributed by atoms with van der Waals surface area (Å²) in [4.78, 5) is 0. The summed E-state index contributed by atoms with van der Waals surface area (Å²) in [6.07, 6.45) is 4.48. The zero-order valence-corrected chi connectivity index (χ0v) is 20.8. The first-order valence-corrected chi connectivity index (χ1v) is 13.6. The highest BCUT2D eigenvalue weighted by Crippen LogP contribution is 2.36. The molecule has 1 saturated heterocycles. The number of hydrogen-bond acceptors (Lipinski definition) is 3. The van der Waals surface area contributed by atoms with Gasteiger partial charge in [-0.15, -0.1) is 0 Å². The highest BCUT2D eigenvalue weighted by Gasteiger charge is 2.50. The van der Waals surface area contributed by atoms with Gasteiger partial charge in [-0.3, -0.25) is 0 Å². The van der Waals surface area contributed by atoms with Crippen LogP contribution in [-0.4, -0.2) is 33.7 Å². The molecule has 33 heavy (non-hydrogen) atoms. The van der Waals surface area contributed by atoms with Crippen molar-refractivity contribution in [2.24, 2.45) is 0 Å². The van der Waals surface area contributed by atoms with E-state index in [2.05, 4.69) is 106 Å². The fourth-order valence-electron chi connectivity index (χ4n) is 4.45. The third-order valence-corrected chi connectivity index (χ3v) is 11.2. The summed E-state index contributed by atoms with van der Waals surface area (Å²) in [7, 11) is -2.49. The summed E-state index contributed by atoms with van der Waals surface area (Å²) in [6.45, 7) is 8.69. The summed E-state index contributed by atoms with van der Waals surface area (Å²) in [6, 6.07) is 31.7. The first-order valence-electron chi connectivity index (χ1n) is 11.7. The molecule has 4 heteroatoms. The lowest BCUT2D eigenvalue weighted by Crippen LogP contribution is -2.66. The molecule has 4 rings (SSSR count). The quantitative estimate of drug-likeness (QED) is 0.240. The Morgan fingerprint density at radius 2 is 1.36 bits per heavy atom. The Morgan fingerprint density at radius 1 is 0.818 bits per heavy atom. The van der Waals surface area contributed by atoms with Crippen LogP contribution in [0, 0.1) is 0 Å². The molecule has 0 aromatic heterocycles. The van der Waals surface area contributed by atoms with Crippen molar-refractivity contribution in [1.82, 2.24) is 0 Å². The molecule has 1 fully saturated rings. The molecule has 172 valence electrons. The first-order chi connectivity index (χ1) is 16.0. The molecule has 3 aromatic carbocycles. The van der Waals surface area contributed by atoms with E-state index >= 15 is 0 Å². The van der Waals surface area contributed by atoms with Gasteiger partial charge in [-0.25, -0.2) is 0 Å². The van der Waals surface area contributed by atoms with Crippen molar-refractivity contribution in [3.8, 4) is 0 Å². The fourth-order valence-corrected chi connectivity index (χ4v) is 8.95. The highest BCUT2D eigenvalue weighted by atomic mass is 28.4. The normalized spacial score (nSPS) is 18.5. The van der Waals surface area contributed by atoms with Crippen LogP contribution in [0.2, 0.25) is 5.04 Å². The van der Waals surface area contributed by atoms with Gasteiger partial charge in [0.15, 0.2) is 0 Å². The molecule has 0 N–H and O–H groups in total. The van der Waals surface area contributed by atoms with E-state index in [-0.39, 0.29) is 17.2 Å². The molecule has 0 amide bonds. The summed E-state index contributed by atoms with van der Waals surface area (Å²) in [5.74, 6) is 0. The Bertz CT molecular complexity index is 973. The van der Waals surface area contributed by atoms with Crippen LogP contribution < -0.4 is 10.4 Å². The number of rotatable bonds is 10. The third kappa shape index (κ3) is 5.71. The van der Waals surface area contributed by atoms with Crippen LogP contribution in [0.5, 0.6) is 0 Å². The molecule has 2 atom stereocenters. The van der Waals surface area contributed by atoms with Gasteiger partial charge in [0.25, 0.3) is 8.32 Å². The maximum Gasteiger partial charge on any atom is 0.261 e. The van der Waals surface area contributed by atoms with Crippen LogP contribution in [0.15, 0.2) is 103 Å². The highest BCUT2D eigenvalue weighted by molar-refractivity contribution is 6.99. The van der Waals surface area contributed by atoms with Gasteiger partial charge in [-0.2, -0.15) is 0 Å². The second-order valence-corrected chi connectivity index (χ2v) is 13.8. The van der Waals surface area contributed by atoms with Gasteiger partial charge in [0, 0.05) is 0 Å². The van der Waals surface area contributed by atoms with Gasteiger partial charge >= 0.3 is 0 Å². The van der Waals surface area contributed by atoms with E-state index in [1.807, 2.05) is 18.2 Å². The Labute approximate surface area is 199 Å². The molecule has 0 bridgehead atoms. The molecule has 0 aliphatic carbocycles. The van der Waals surface area contributed by atoms with Crippen LogP contribution in [0.25, 0.3) is 0 Å². The van der Waals surface area contributed by atoms with Crippen molar-refractivity contribution in [1.29, 1.82) is 0 Å². The molecular weight excluding hydrogens is 424 g/mol. The SMILES string of the molecule is CC(C)(C)[Si](OC/C=C/[C@@H]1O[C@H]1COCc1ccccc1)(c1ccccc1)c1ccccc1. The van der Waals surface area contributed by atoms with E-state index in [1.54, 1.807) is 0 Å². The minimum absolute atomic E-state index is 0.0204. The van der Waals surface area contributed by atoms with E-state index in [4.69, 9.17) is 13.9 Å². The monoisotopic (exact) mass is 458 g/mol. The van der Waals surface area contributed by atoms with Crippen molar-refractivity contribution in [3.05, 3.63) is 109 Å². The van der Waals surface area contributed by atoms with Crippen LogP contribution in [0.3, 0.4) is 0 Å². The lowest BCUT2D eigenvalue weighted by atomic mass is 10.2. The second-order valence-electron chi connectivity index (χ2n) is 9.54. The van der Waals surface area contributed by atoms with Crippen LogP contribution in [0.1, 0.15) is 26.3 Å². The topological polar surface area (TPSA) is 31.0 Å². The predicted molar refractivity (Wildman–Crippen MR) is 137 cm³/mol. The standard InChI is InChI=1S/C29H34O3Si/c1-29(2,3)33(25-16-9-5-10-17-25,26-18-11-6-12-19-26)31-21-13-20-27-28(32-27)23-30-22-24-14-7-4-8-15-24/h4-20,27-28H,21-23H2,1-3H3/b20-13+/t27-,28-/m0/s1. The molecule has 1 aliphatic heterocycles. The number of hydrogen-bond donors (Lipinski definition) is 0. The molecule has 0 unspecified atom stereocenters. The predicted octanol–water partition coefficient (Wildman–Crippen LogP) is 5.10. The Morgan fingerprint density at radius 3 is 1.91 bits per heavy atom. The van der Waals surface area contributed by atoms with E-state index in [1.165, 1.54) is 15.9 Å². The smallest absolute Gasteiger partial charge is 0.261 e. The molecule has 0 spiro atoms. The van der Waals surface area contributed by atoms with Gasteiger partial charge in [-0.05, 0) is 21.0 Å². The van der Waals surface area contributed by atoms with Crippen molar-refractivity contribution >= 4 is 18.7 Å². The van der Waals surface area contributed by atoms with Gasteiger partial charge in [0.05, 0.1) is 19.8 Å². The van der Waals surface area contributed by atoms with Crippen molar-refractivity contribution < 1.29 is 13.9 Å². The summed E-state index contributed by atoms with van der Waals surface area (Å²) < 4.78 is 18.5. The van der Waals surface area contributed by atoms with E-state index in [9.17, 15) is 0 Å². The average Bonchev–Trinajstić information content (AvgIpc) is 3.58. The van der Waals surface area contributed by atoms with Crippen molar-refractivity contribution in [2.75, 3.05) is 13.2 Å². The maximum absolute atomic E-state index is 6.88. The number of benzene rings is 3. The van der Waals surface area contributed by atoms with Crippen LogP contribution in [0.4, 0.5) is 0 Å². The minimum Gasteiger partial charge on any atom is -0.404 e.